The molecule has 3 rings (SSSR count). The van der Waals surface area contributed by atoms with Crippen LogP contribution in [0.5, 0.6) is 0 Å². The molecule has 1 N–H and O–H groups in total. The van der Waals surface area contributed by atoms with Gasteiger partial charge in [-0.3, -0.25) is 0 Å². The number of hydrogen-bond acceptors (Lipinski definition) is 4. The average molecular weight is 385 g/mol. The van der Waals surface area contributed by atoms with E-state index in [1.807, 2.05) is 26.0 Å². The minimum Gasteiger partial charge on any atom is -0.465 e. The van der Waals surface area contributed by atoms with E-state index in [9.17, 15) is 14.7 Å². The monoisotopic (exact) mass is 385 g/mol. The number of hydrogen-bond donors (Lipinski definition) is 1. The number of methoxy groups -OCH3 is 1. The molecule has 0 bridgehead atoms. The summed E-state index contributed by atoms with van der Waals surface area (Å²) < 4.78 is 7.04. The Hall–Kier alpha value is -2.83. The van der Waals surface area contributed by atoms with E-state index in [-0.39, 0.29) is 11.5 Å². The second-order valence-electron chi connectivity index (χ2n) is 8.26. The number of fused-ring (bicyclic) bond motifs is 1. The molecule has 2 heterocycles. The van der Waals surface area contributed by atoms with Gasteiger partial charge in [0.1, 0.15) is 5.82 Å². The largest absolute Gasteiger partial charge is 0.465 e. The summed E-state index contributed by atoms with van der Waals surface area (Å²) in [6.07, 6.45) is -0.347. The number of nitrogens with zero attached hydrogens (tertiary/aromatic N) is 3. The third kappa shape index (κ3) is 3.37. The molecule has 150 valence electrons. The molecule has 1 aliphatic heterocycles. The van der Waals surface area contributed by atoms with Gasteiger partial charge in [0, 0.05) is 24.1 Å². The number of amides is 1. The lowest BCUT2D eigenvalue weighted by atomic mass is 9.98. The number of benzene rings is 1. The van der Waals surface area contributed by atoms with Crippen molar-refractivity contribution in [1.29, 1.82) is 0 Å². The molecule has 0 atom stereocenters. The molecule has 0 aliphatic carbocycles. The second kappa shape index (κ2) is 6.96. The van der Waals surface area contributed by atoms with Crippen LogP contribution >= 0.6 is 0 Å². The summed E-state index contributed by atoms with van der Waals surface area (Å²) in [4.78, 5) is 30.0. The summed E-state index contributed by atoms with van der Waals surface area (Å²) in [6, 6.07) is 3.80. The van der Waals surface area contributed by atoms with Crippen LogP contribution in [0.25, 0.3) is 11.4 Å². The molecule has 1 aromatic heterocycles. The van der Waals surface area contributed by atoms with Crippen LogP contribution in [-0.2, 0) is 23.2 Å². The normalized spacial score (nSPS) is 14.0. The molecular weight excluding hydrogens is 358 g/mol. The number of ether oxygens (including phenoxy) is 1. The predicted molar refractivity (Wildman–Crippen MR) is 106 cm³/mol. The fraction of sp³-hybridized carbons (Fsp3) is 0.476. The van der Waals surface area contributed by atoms with Gasteiger partial charge in [-0.05, 0) is 51.8 Å². The molecule has 7 heteroatoms. The SMILES string of the molecule is COC(=O)c1cc(-c2nc3c(n2C(C)(C)C)CN(C(=O)O)CC3)c(C)cc1C. The Morgan fingerprint density at radius 3 is 2.43 bits per heavy atom. The van der Waals surface area contributed by atoms with E-state index in [2.05, 4.69) is 25.3 Å². The molecule has 1 amide bonds. The smallest absolute Gasteiger partial charge is 0.407 e. The standard InChI is InChI=1S/C21H27N3O4/c1-12-9-13(2)15(19(25)28-6)10-14(12)18-22-16-7-8-23(20(26)27)11-17(16)24(18)21(3,4)5/h9-10H,7-8,11H2,1-6H3,(H,26,27). The van der Waals surface area contributed by atoms with Gasteiger partial charge in [-0.2, -0.15) is 0 Å². The van der Waals surface area contributed by atoms with Crippen molar-refractivity contribution in [2.24, 2.45) is 0 Å². The molecule has 0 fully saturated rings. The highest BCUT2D eigenvalue weighted by Crippen LogP contribution is 2.35. The van der Waals surface area contributed by atoms with Crippen LogP contribution in [-0.4, -0.2) is 45.3 Å². The minimum absolute atomic E-state index is 0.305. The van der Waals surface area contributed by atoms with Gasteiger partial charge >= 0.3 is 12.1 Å². The van der Waals surface area contributed by atoms with Crippen LogP contribution < -0.4 is 0 Å². The van der Waals surface area contributed by atoms with Crippen LogP contribution in [0.4, 0.5) is 4.79 Å². The summed E-state index contributed by atoms with van der Waals surface area (Å²) >= 11 is 0. The van der Waals surface area contributed by atoms with E-state index in [0.717, 1.165) is 33.9 Å². The van der Waals surface area contributed by atoms with E-state index >= 15 is 0 Å². The zero-order valence-corrected chi connectivity index (χ0v) is 17.3. The van der Waals surface area contributed by atoms with Crippen molar-refractivity contribution in [3.8, 4) is 11.4 Å². The van der Waals surface area contributed by atoms with Crippen LogP contribution in [0.1, 0.15) is 53.6 Å². The van der Waals surface area contributed by atoms with Crippen LogP contribution in [0.3, 0.4) is 0 Å². The van der Waals surface area contributed by atoms with Crippen molar-refractivity contribution in [3.05, 3.63) is 40.2 Å². The summed E-state index contributed by atoms with van der Waals surface area (Å²) in [7, 11) is 1.37. The minimum atomic E-state index is -0.923. The molecule has 1 aromatic carbocycles. The Kier molecular flexibility index (Phi) is 4.95. The molecule has 28 heavy (non-hydrogen) atoms. The Morgan fingerprint density at radius 2 is 1.86 bits per heavy atom. The molecule has 0 spiro atoms. The molecule has 2 aromatic rings. The highest BCUT2D eigenvalue weighted by molar-refractivity contribution is 5.92. The van der Waals surface area contributed by atoms with Gasteiger partial charge in [0.25, 0.3) is 0 Å². The van der Waals surface area contributed by atoms with E-state index in [1.165, 1.54) is 12.0 Å². The van der Waals surface area contributed by atoms with Gasteiger partial charge in [-0.25, -0.2) is 14.6 Å². The van der Waals surface area contributed by atoms with Crippen molar-refractivity contribution in [3.63, 3.8) is 0 Å². The number of imidazole rings is 1. The summed E-state index contributed by atoms with van der Waals surface area (Å²) in [5.41, 5.74) is 4.75. The van der Waals surface area contributed by atoms with Crippen molar-refractivity contribution in [1.82, 2.24) is 14.5 Å². The molecule has 1 aliphatic rings. The lowest BCUT2D eigenvalue weighted by molar-refractivity contribution is 0.0600. The van der Waals surface area contributed by atoms with Crippen molar-refractivity contribution < 1.29 is 19.4 Å². The highest BCUT2D eigenvalue weighted by Gasteiger charge is 2.32. The first kappa shape index (κ1) is 19.9. The summed E-state index contributed by atoms with van der Waals surface area (Å²) in [5.74, 6) is 0.377. The third-order valence-electron chi connectivity index (χ3n) is 5.17. The Morgan fingerprint density at radius 1 is 1.18 bits per heavy atom. The molecule has 0 saturated heterocycles. The highest BCUT2D eigenvalue weighted by atomic mass is 16.5. The maximum Gasteiger partial charge on any atom is 0.407 e. The Bertz CT molecular complexity index is 954. The number of esters is 1. The summed E-state index contributed by atoms with van der Waals surface area (Å²) in [5, 5.41) is 9.43. The Labute approximate surface area is 164 Å². The number of aryl methyl sites for hydroxylation is 2. The van der Waals surface area contributed by atoms with Gasteiger partial charge in [0.2, 0.25) is 0 Å². The first-order valence-electron chi connectivity index (χ1n) is 9.33. The average Bonchev–Trinajstić information content (AvgIpc) is 2.99. The number of aromatic nitrogens is 2. The second-order valence-corrected chi connectivity index (χ2v) is 8.26. The maximum absolute atomic E-state index is 12.2. The number of carbonyl (C=O) groups is 2. The van der Waals surface area contributed by atoms with Crippen LogP contribution in [0.2, 0.25) is 0 Å². The van der Waals surface area contributed by atoms with Gasteiger partial charge < -0.3 is 19.3 Å². The topological polar surface area (TPSA) is 84.7 Å². The fourth-order valence-electron chi connectivity index (χ4n) is 3.85. The molecule has 0 unspecified atom stereocenters. The maximum atomic E-state index is 12.2. The number of carbonyl (C=O) groups excluding carboxylic acids is 1. The zero-order valence-electron chi connectivity index (χ0n) is 17.3. The summed E-state index contributed by atoms with van der Waals surface area (Å²) in [6.45, 7) is 10.8. The lowest BCUT2D eigenvalue weighted by Crippen LogP contribution is -2.37. The third-order valence-corrected chi connectivity index (χ3v) is 5.17. The van der Waals surface area contributed by atoms with E-state index in [1.54, 1.807) is 0 Å². The van der Waals surface area contributed by atoms with E-state index < -0.39 is 6.09 Å². The number of rotatable bonds is 2. The fourth-order valence-corrected chi connectivity index (χ4v) is 3.85. The van der Waals surface area contributed by atoms with Crippen LogP contribution in [0.15, 0.2) is 12.1 Å². The van der Waals surface area contributed by atoms with Crippen LogP contribution in [0, 0.1) is 13.8 Å². The Balaban J connectivity index is 2.24. The molecule has 0 saturated carbocycles. The van der Waals surface area contributed by atoms with Crippen molar-refractivity contribution >= 4 is 12.1 Å². The van der Waals surface area contributed by atoms with Gasteiger partial charge in [0.05, 0.1) is 30.6 Å². The lowest BCUT2D eigenvalue weighted by Gasteiger charge is -2.31. The first-order valence-corrected chi connectivity index (χ1v) is 9.33. The van der Waals surface area contributed by atoms with Gasteiger partial charge in [-0.1, -0.05) is 6.07 Å². The van der Waals surface area contributed by atoms with Crippen molar-refractivity contribution in [2.45, 2.75) is 53.1 Å². The number of carboxylic acid groups (broad SMARTS) is 1. The zero-order chi connectivity index (χ0) is 20.8. The predicted octanol–water partition coefficient (Wildman–Crippen LogP) is 3.74. The van der Waals surface area contributed by atoms with Crippen molar-refractivity contribution in [2.75, 3.05) is 13.7 Å². The van der Waals surface area contributed by atoms with E-state index in [0.29, 0.717) is 25.1 Å². The first-order chi connectivity index (χ1) is 13.0. The molecular formula is C21H27N3O4. The van der Waals surface area contributed by atoms with Gasteiger partial charge in [-0.15, -0.1) is 0 Å². The van der Waals surface area contributed by atoms with Gasteiger partial charge in [0.15, 0.2) is 0 Å². The molecule has 0 radical (unpaired) electrons. The quantitative estimate of drug-likeness (QED) is 0.796. The van der Waals surface area contributed by atoms with E-state index in [4.69, 9.17) is 9.72 Å². The molecule has 7 nitrogen and oxygen atoms in total.